The van der Waals surface area contributed by atoms with E-state index in [0.717, 1.165) is 32.8 Å². The van der Waals surface area contributed by atoms with E-state index in [0.29, 0.717) is 18.2 Å². The number of hydrogen-bond donors (Lipinski definition) is 1. The largest absolute Gasteiger partial charge is 0.378 e. The maximum absolute atomic E-state index is 5.99. The van der Waals surface area contributed by atoms with Crippen LogP contribution in [0.3, 0.4) is 0 Å². The molecule has 0 aliphatic carbocycles. The van der Waals surface area contributed by atoms with Crippen molar-refractivity contribution in [1.82, 2.24) is 10.2 Å². The van der Waals surface area contributed by atoms with Crippen molar-refractivity contribution in [3.63, 3.8) is 0 Å². The van der Waals surface area contributed by atoms with Gasteiger partial charge in [0.2, 0.25) is 0 Å². The third kappa shape index (κ3) is 5.32. The van der Waals surface area contributed by atoms with Gasteiger partial charge >= 0.3 is 0 Å². The molecule has 3 atom stereocenters. The zero-order valence-corrected chi connectivity index (χ0v) is 13.3. The molecule has 0 spiro atoms. The average molecular weight is 284 g/mol. The molecule has 0 amide bonds. The molecule has 2 aliphatic rings. The maximum Gasteiger partial charge on any atom is 0.0855 e. The SMILES string of the molecule is CCCNC(CCCC1CCCO1)C1CN(C)CCO1. The van der Waals surface area contributed by atoms with E-state index >= 15 is 0 Å². The second kappa shape index (κ2) is 8.98. The fraction of sp³-hybridized carbons (Fsp3) is 1.00. The molecule has 2 saturated heterocycles. The Balaban J connectivity index is 1.73. The minimum absolute atomic E-state index is 0.352. The van der Waals surface area contributed by atoms with Gasteiger partial charge in [0.15, 0.2) is 0 Å². The van der Waals surface area contributed by atoms with Gasteiger partial charge in [0.25, 0.3) is 0 Å². The van der Waals surface area contributed by atoms with Crippen molar-refractivity contribution in [3.8, 4) is 0 Å². The summed E-state index contributed by atoms with van der Waals surface area (Å²) in [7, 11) is 2.19. The van der Waals surface area contributed by atoms with Gasteiger partial charge in [0.1, 0.15) is 0 Å². The molecule has 118 valence electrons. The predicted molar refractivity (Wildman–Crippen MR) is 82.1 cm³/mol. The first-order valence-electron chi connectivity index (χ1n) is 8.44. The number of likely N-dealkylation sites (N-methyl/N-ethyl adjacent to an activating group) is 1. The lowest BCUT2D eigenvalue weighted by Crippen LogP contribution is -2.51. The summed E-state index contributed by atoms with van der Waals surface area (Å²) in [4.78, 5) is 2.38. The molecular weight excluding hydrogens is 252 g/mol. The van der Waals surface area contributed by atoms with Crippen molar-refractivity contribution < 1.29 is 9.47 Å². The van der Waals surface area contributed by atoms with Crippen LogP contribution in [-0.2, 0) is 9.47 Å². The number of nitrogens with zero attached hydrogens (tertiary/aromatic N) is 1. The molecular formula is C16H32N2O2. The Labute approximate surface area is 124 Å². The summed E-state index contributed by atoms with van der Waals surface area (Å²) in [5, 5.41) is 3.69. The summed E-state index contributed by atoms with van der Waals surface area (Å²) < 4.78 is 11.7. The highest BCUT2D eigenvalue weighted by Gasteiger charge is 2.26. The van der Waals surface area contributed by atoms with E-state index in [1.165, 1.54) is 38.5 Å². The zero-order chi connectivity index (χ0) is 14.2. The third-order valence-electron chi connectivity index (χ3n) is 4.47. The molecule has 2 fully saturated rings. The van der Waals surface area contributed by atoms with Crippen LogP contribution in [0.5, 0.6) is 0 Å². The third-order valence-corrected chi connectivity index (χ3v) is 4.47. The fourth-order valence-corrected chi connectivity index (χ4v) is 3.24. The second-order valence-corrected chi connectivity index (χ2v) is 6.30. The number of rotatable bonds is 8. The Kier molecular flexibility index (Phi) is 7.28. The normalized spacial score (nSPS) is 29.7. The monoisotopic (exact) mass is 284 g/mol. The van der Waals surface area contributed by atoms with Gasteiger partial charge in [0, 0.05) is 25.7 Å². The average Bonchev–Trinajstić information content (AvgIpc) is 2.96. The number of morpholine rings is 1. The van der Waals surface area contributed by atoms with Gasteiger partial charge in [-0.05, 0) is 52.1 Å². The lowest BCUT2D eigenvalue weighted by Gasteiger charge is -2.36. The van der Waals surface area contributed by atoms with E-state index < -0.39 is 0 Å². The van der Waals surface area contributed by atoms with Gasteiger partial charge in [-0.2, -0.15) is 0 Å². The van der Waals surface area contributed by atoms with Crippen LogP contribution < -0.4 is 5.32 Å². The number of ether oxygens (including phenoxy) is 2. The van der Waals surface area contributed by atoms with E-state index in [2.05, 4.69) is 24.2 Å². The summed E-state index contributed by atoms with van der Waals surface area (Å²) in [6.45, 7) is 7.28. The summed E-state index contributed by atoms with van der Waals surface area (Å²) in [6.07, 6.45) is 8.24. The molecule has 4 heteroatoms. The predicted octanol–water partition coefficient (Wildman–Crippen LogP) is 2.03. The molecule has 0 aromatic rings. The van der Waals surface area contributed by atoms with Crippen LogP contribution in [0, 0.1) is 0 Å². The molecule has 4 nitrogen and oxygen atoms in total. The molecule has 1 N–H and O–H groups in total. The summed E-state index contributed by atoms with van der Waals surface area (Å²) >= 11 is 0. The van der Waals surface area contributed by atoms with Crippen molar-refractivity contribution in [2.75, 3.05) is 39.9 Å². The van der Waals surface area contributed by atoms with Gasteiger partial charge in [-0.25, -0.2) is 0 Å². The molecule has 2 aliphatic heterocycles. The Bertz CT molecular complexity index is 257. The Morgan fingerprint density at radius 1 is 1.30 bits per heavy atom. The number of hydrogen-bond acceptors (Lipinski definition) is 4. The quantitative estimate of drug-likeness (QED) is 0.739. The van der Waals surface area contributed by atoms with Crippen molar-refractivity contribution in [2.24, 2.45) is 0 Å². The Hall–Kier alpha value is -0.160. The van der Waals surface area contributed by atoms with E-state index in [9.17, 15) is 0 Å². The van der Waals surface area contributed by atoms with Crippen molar-refractivity contribution in [3.05, 3.63) is 0 Å². The minimum atomic E-state index is 0.352. The topological polar surface area (TPSA) is 33.7 Å². The highest BCUT2D eigenvalue weighted by atomic mass is 16.5. The first-order chi connectivity index (χ1) is 9.79. The molecule has 2 heterocycles. The molecule has 20 heavy (non-hydrogen) atoms. The molecule has 2 rings (SSSR count). The van der Waals surface area contributed by atoms with Crippen molar-refractivity contribution in [1.29, 1.82) is 0 Å². The van der Waals surface area contributed by atoms with Crippen molar-refractivity contribution in [2.45, 2.75) is 63.7 Å². The van der Waals surface area contributed by atoms with E-state index in [4.69, 9.17) is 9.47 Å². The first-order valence-corrected chi connectivity index (χ1v) is 8.44. The van der Waals surface area contributed by atoms with Crippen molar-refractivity contribution >= 4 is 0 Å². The standard InChI is InChI=1S/C16H32N2O2/c1-3-9-17-15(16-13-18(2)10-12-20-16)8-4-6-14-7-5-11-19-14/h14-17H,3-13H2,1-2H3. The summed E-state index contributed by atoms with van der Waals surface area (Å²) in [5.74, 6) is 0. The second-order valence-electron chi connectivity index (χ2n) is 6.30. The van der Waals surface area contributed by atoms with Gasteiger partial charge < -0.3 is 19.7 Å². The lowest BCUT2D eigenvalue weighted by atomic mass is 10.00. The highest BCUT2D eigenvalue weighted by molar-refractivity contribution is 4.82. The van der Waals surface area contributed by atoms with Crippen LogP contribution in [0.4, 0.5) is 0 Å². The van der Waals surface area contributed by atoms with Crippen LogP contribution in [0.2, 0.25) is 0 Å². The molecule has 0 aromatic carbocycles. The van der Waals surface area contributed by atoms with Gasteiger partial charge in [-0.15, -0.1) is 0 Å². The molecule has 3 unspecified atom stereocenters. The molecule has 0 aromatic heterocycles. The molecule has 0 saturated carbocycles. The van der Waals surface area contributed by atoms with Gasteiger partial charge in [-0.3, -0.25) is 0 Å². The zero-order valence-electron chi connectivity index (χ0n) is 13.3. The summed E-state index contributed by atoms with van der Waals surface area (Å²) in [5.41, 5.74) is 0. The fourth-order valence-electron chi connectivity index (χ4n) is 3.24. The summed E-state index contributed by atoms with van der Waals surface area (Å²) in [6, 6.07) is 0.499. The van der Waals surface area contributed by atoms with Crippen LogP contribution >= 0.6 is 0 Å². The lowest BCUT2D eigenvalue weighted by molar-refractivity contribution is -0.0406. The molecule has 0 radical (unpaired) electrons. The Morgan fingerprint density at radius 3 is 2.90 bits per heavy atom. The smallest absolute Gasteiger partial charge is 0.0855 e. The van der Waals surface area contributed by atoms with E-state index in [1.807, 2.05) is 0 Å². The minimum Gasteiger partial charge on any atom is -0.378 e. The highest BCUT2D eigenvalue weighted by Crippen LogP contribution is 2.20. The Morgan fingerprint density at radius 2 is 2.20 bits per heavy atom. The van der Waals surface area contributed by atoms with E-state index in [1.54, 1.807) is 0 Å². The van der Waals surface area contributed by atoms with Gasteiger partial charge in [-0.1, -0.05) is 6.92 Å². The van der Waals surface area contributed by atoms with Crippen LogP contribution in [0.1, 0.15) is 45.4 Å². The first kappa shape index (κ1) is 16.2. The van der Waals surface area contributed by atoms with Gasteiger partial charge in [0.05, 0.1) is 18.8 Å². The molecule has 0 bridgehead atoms. The van der Waals surface area contributed by atoms with Crippen LogP contribution in [0.15, 0.2) is 0 Å². The maximum atomic E-state index is 5.99. The van der Waals surface area contributed by atoms with E-state index in [-0.39, 0.29) is 0 Å². The van der Waals surface area contributed by atoms with Crippen LogP contribution in [-0.4, -0.2) is 63.0 Å². The number of nitrogens with one attached hydrogen (secondary N) is 1. The van der Waals surface area contributed by atoms with Crippen LogP contribution in [0.25, 0.3) is 0 Å².